The van der Waals surface area contributed by atoms with Crippen LogP contribution in [0.3, 0.4) is 0 Å². The van der Waals surface area contributed by atoms with Crippen LogP contribution < -0.4 is 10.6 Å². The van der Waals surface area contributed by atoms with Gasteiger partial charge in [0.1, 0.15) is 5.82 Å². The second-order valence-electron chi connectivity index (χ2n) is 5.58. The van der Waals surface area contributed by atoms with Crippen LogP contribution in [0.2, 0.25) is 0 Å². The molecule has 0 aliphatic carbocycles. The Morgan fingerprint density at radius 2 is 1.93 bits per heavy atom. The molecule has 0 saturated heterocycles. The summed E-state index contributed by atoms with van der Waals surface area (Å²) in [5.41, 5.74) is 0.979. The smallest absolute Gasteiger partial charge is 0.253 e. The minimum absolute atomic E-state index is 0.0427. The molecule has 0 aromatic heterocycles. The lowest BCUT2D eigenvalue weighted by Crippen LogP contribution is -2.25. The molecule has 2 N–H and O–H groups in total. The van der Waals surface area contributed by atoms with Crippen LogP contribution in [0.1, 0.15) is 27.6 Å². The Hall–Kier alpha value is -2.93. The summed E-state index contributed by atoms with van der Waals surface area (Å²) in [7, 11) is 0. The molecule has 0 spiro atoms. The molecule has 0 aliphatic rings. The highest BCUT2D eigenvalue weighted by Gasteiger charge is 2.14. The normalized spacial score (nSPS) is 10.1. The highest BCUT2D eigenvalue weighted by molar-refractivity contribution is 8.00. The number of amides is 2. The van der Waals surface area contributed by atoms with E-state index < -0.39 is 5.82 Å². The van der Waals surface area contributed by atoms with E-state index in [0.717, 1.165) is 17.8 Å². The molecule has 27 heavy (non-hydrogen) atoms. The third-order valence-electron chi connectivity index (χ3n) is 3.55. The molecule has 0 unspecified atom stereocenters. The van der Waals surface area contributed by atoms with Gasteiger partial charge in [-0.2, -0.15) is 0 Å². The number of halogens is 1. The van der Waals surface area contributed by atoms with Gasteiger partial charge in [0.2, 0.25) is 5.91 Å². The molecule has 140 valence electrons. The SMILES string of the molecule is C=CCNC(=O)c1ccccc1NC(=O)CSc1ccc(C(C)=O)cc1F. The maximum Gasteiger partial charge on any atom is 0.253 e. The van der Waals surface area contributed by atoms with Crippen molar-refractivity contribution >= 4 is 35.0 Å². The van der Waals surface area contributed by atoms with Crippen LogP contribution in [-0.4, -0.2) is 29.9 Å². The molecule has 7 heteroatoms. The maximum absolute atomic E-state index is 14.0. The summed E-state index contributed by atoms with van der Waals surface area (Å²) >= 11 is 1.01. The molecule has 0 saturated carbocycles. The monoisotopic (exact) mass is 386 g/mol. The zero-order valence-corrected chi connectivity index (χ0v) is 15.6. The first-order chi connectivity index (χ1) is 12.9. The minimum Gasteiger partial charge on any atom is -0.349 e. The number of carbonyl (C=O) groups is 3. The Balaban J connectivity index is 2.01. The second kappa shape index (κ2) is 9.68. The van der Waals surface area contributed by atoms with Crippen molar-refractivity contribution < 1.29 is 18.8 Å². The lowest BCUT2D eigenvalue weighted by atomic mass is 10.1. The van der Waals surface area contributed by atoms with Gasteiger partial charge < -0.3 is 10.6 Å². The quantitative estimate of drug-likeness (QED) is 0.412. The number of benzene rings is 2. The summed E-state index contributed by atoms with van der Waals surface area (Å²) in [5, 5.41) is 5.32. The summed E-state index contributed by atoms with van der Waals surface area (Å²) < 4.78 is 14.0. The molecule has 5 nitrogen and oxygen atoms in total. The Labute approximate surface area is 161 Å². The lowest BCUT2D eigenvalue weighted by molar-refractivity contribution is -0.113. The van der Waals surface area contributed by atoms with Crippen molar-refractivity contribution in [3.05, 3.63) is 72.1 Å². The molecule has 2 amide bonds. The number of hydrogen-bond acceptors (Lipinski definition) is 4. The number of Topliss-reactive ketones (excluding diaryl/α,β-unsaturated/α-hetero) is 1. The number of rotatable bonds is 8. The van der Waals surface area contributed by atoms with Gasteiger partial charge in [-0.1, -0.05) is 24.3 Å². The van der Waals surface area contributed by atoms with Gasteiger partial charge in [0.25, 0.3) is 5.91 Å². The molecule has 0 heterocycles. The van der Waals surface area contributed by atoms with Gasteiger partial charge in [0.15, 0.2) is 5.78 Å². The van der Waals surface area contributed by atoms with Crippen molar-refractivity contribution in [3.63, 3.8) is 0 Å². The predicted octanol–water partition coefficient (Wildman–Crippen LogP) is 3.67. The van der Waals surface area contributed by atoms with E-state index >= 15 is 0 Å². The van der Waals surface area contributed by atoms with Crippen LogP contribution in [0, 0.1) is 5.82 Å². The van der Waals surface area contributed by atoms with E-state index in [4.69, 9.17) is 0 Å². The largest absolute Gasteiger partial charge is 0.349 e. The average molecular weight is 386 g/mol. The van der Waals surface area contributed by atoms with Crippen molar-refractivity contribution in [1.29, 1.82) is 0 Å². The van der Waals surface area contributed by atoms with Gasteiger partial charge in [0.05, 0.1) is 17.0 Å². The van der Waals surface area contributed by atoms with E-state index in [1.807, 2.05) is 0 Å². The number of hydrogen-bond donors (Lipinski definition) is 2. The van der Waals surface area contributed by atoms with Crippen LogP contribution in [0.5, 0.6) is 0 Å². The molecule has 2 aromatic rings. The second-order valence-corrected chi connectivity index (χ2v) is 6.60. The van der Waals surface area contributed by atoms with Crippen molar-refractivity contribution in [2.45, 2.75) is 11.8 Å². The Morgan fingerprint density at radius 3 is 2.59 bits per heavy atom. The molecular weight excluding hydrogens is 367 g/mol. The topological polar surface area (TPSA) is 75.3 Å². The first-order valence-electron chi connectivity index (χ1n) is 8.13. The van der Waals surface area contributed by atoms with Crippen LogP contribution in [0.4, 0.5) is 10.1 Å². The highest BCUT2D eigenvalue weighted by atomic mass is 32.2. The van der Waals surface area contributed by atoms with E-state index in [-0.39, 0.29) is 33.8 Å². The average Bonchev–Trinajstić information content (AvgIpc) is 2.65. The van der Waals surface area contributed by atoms with E-state index in [1.165, 1.54) is 19.1 Å². The van der Waals surface area contributed by atoms with Gasteiger partial charge in [-0.3, -0.25) is 14.4 Å². The summed E-state index contributed by atoms with van der Waals surface area (Å²) in [6.07, 6.45) is 1.56. The number of ketones is 1. The number of thioether (sulfide) groups is 1. The highest BCUT2D eigenvalue weighted by Crippen LogP contribution is 2.23. The maximum atomic E-state index is 14.0. The summed E-state index contributed by atoms with van der Waals surface area (Å²) in [4.78, 5) is 35.9. The lowest BCUT2D eigenvalue weighted by Gasteiger charge is -2.11. The summed E-state index contributed by atoms with van der Waals surface area (Å²) in [5.74, 6) is -1.53. The third-order valence-corrected chi connectivity index (χ3v) is 4.60. The molecular formula is C20H19FN2O3S. The predicted molar refractivity (Wildman–Crippen MR) is 105 cm³/mol. The van der Waals surface area contributed by atoms with Crippen molar-refractivity contribution in [1.82, 2.24) is 5.32 Å². The standard InChI is InChI=1S/C20H19FN2O3S/c1-3-10-22-20(26)15-6-4-5-7-17(15)23-19(25)12-27-18-9-8-14(13(2)24)11-16(18)21/h3-9,11H,1,10,12H2,2H3,(H,22,26)(H,23,25). The van der Waals surface area contributed by atoms with Gasteiger partial charge in [0, 0.05) is 17.0 Å². The van der Waals surface area contributed by atoms with Gasteiger partial charge >= 0.3 is 0 Å². The first-order valence-corrected chi connectivity index (χ1v) is 9.12. The van der Waals surface area contributed by atoms with Crippen LogP contribution in [0.25, 0.3) is 0 Å². The number of carbonyl (C=O) groups excluding carboxylic acids is 3. The molecule has 0 atom stereocenters. The Kier molecular flexibility index (Phi) is 7.31. The van der Waals surface area contributed by atoms with Crippen LogP contribution >= 0.6 is 11.8 Å². The van der Waals surface area contributed by atoms with Crippen molar-refractivity contribution in [2.75, 3.05) is 17.6 Å². The van der Waals surface area contributed by atoms with E-state index in [1.54, 1.807) is 30.3 Å². The number of nitrogens with one attached hydrogen (secondary N) is 2. The molecule has 0 radical (unpaired) electrons. The molecule has 2 rings (SSSR count). The molecule has 2 aromatic carbocycles. The van der Waals surface area contributed by atoms with E-state index in [9.17, 15) is 18.8 Å². The fraction of sp³-hybridized carbons (Fsp3) is 0.150. The number of anilines is 1. The van der Waals surface area contributed by atoms with Gasteiger partial charge in [-0.05, 0) is 31.2 Å². The van der Waals surface area contributed by atoms with Crippen molar-refractivity contribution in [2.24, 2.45) is 0 Å². The zero-order chi connectivity index (χ0) is 19.8. The van der Waals surface area contributed by atoms with Crippen LogP contribution in [0.15, 0.2) is 60.0 Å². The Bertz CT molecular complexity index is 883. The Morgan fingerprint density at radius 1 is 1.19 bits per heavy atom. The zero-order valence-electron chi connectivity index (χ0n) is 14.8. The summed E-state index contributed by atoms with van der Waals surface area (Å²) in [6.45, 7) is 5.21. The first kappa shape index (κ1) is 20.4. The van der Waals surface area contributed by atoms with E-state index in [2.05, 4.69) is 17.2 Å². The van der Waals surface area contributed by atoms with Crippen LogP contribution in [-0.2, 0) is 4.79 Å². The van der Waals surface area contributed by atoms with E-state index in [0.29, 0.717) is 17.8 Å². The number of para-hydroxylation sites is 1. The van der Waals surface area contributed by atoms with Crippen molar-refractivity contribution in [3.8, 4) is 0 Å². The molecule has 0 aliphatic heterocycles. The fourth-order valence-corrected chi connectivity index (χ4v) is 2.94. The van der Waals surface area contributed by atoms with Gasteiger partial charge in [-0.15, -0.1) is 18.3 Å². The summed E-state index contributed by atoms with van der Waals surface area (Å²) in [6, 6.07) is 10.8. The molecule has 0 bridgehead atoms. The third kappa shape index (κ3) is 5.79. The fourth-order valence-electron chi connectivity index (χ4n) is 2.22. The minimum atomic E-state index is -0.551. The molecule has 0 fully saturated rings. The van der Waals surface area contributed by atoms with Gasteiger partial charge in [-0.25, -0.2) is 4.39 Å².